The van der Waals surface area contributed by atoms with Gasteiger partial charge in [0, 0.05) is 37.1 Å². The molecule has 3 saturated heterocycles. The summed E-state index contributed by atoms with van der Waals surface area (Å²) in [5.74, 6) is 0.812. The van der Waals surface area contributed by atoms with E-state index < -0.39 is 0 Å². The van der Waals surface area contributed by atoms with Crippen molar-refractivity contribution in [3.8, 4) is 0 Å². The first-order valence-corrected chi connectivity index (χ1v) is 7.20. The van der Waals surface area contributed by atoms with Gasteiger partial charge in [-0.15, -0.1) is 0 Å². The molecule has 0 spiro atoms. The molecule has 3 aliphatic rings. The molecule has 4 unspecified atom stereocenters. The molecule has 2 bridgehead atoms. The highest BCUT2D eigenvalue weighted by Crippen LogP contribution is 2.41. The van der Waals surface area contributed by atoms with Crippen molar-refractivity contribution in [3.63, 3.8) is 0 Å². The summed E-state index contributed by atoms with van der Waals surface area (Å²) >= 11 is 0. The highest BCUT2D eigenvalue weighted by molar-refractivity contribution is 5.16. The Labute approximate surface area is 109 Å². The van der Waals surface area contributed by atoms with Gasteiger partial charge in [-0.3, -0.25) is 15.8 Å². The van der Waals surface area contributed by atoms with Gasteiger partial charge in [-0.05, 0) is 24.8 Å². The van der Waals surface area contributed by atoms with Crippen molar-refractivity contribution in [1.29, 1.82) is 0 Å². The van der Waals surface area contributed by atoms with E-state index in [4.69, 9.17) is 0 Å². The van der Waals surface area contributed by atoms with E-state index in [-0.39, 0.29) is 0 Å². The number of hydrazine groups is 1. The predicted molar refractivity (Wildman–Crippen MR) is 71.8 cm³/mol. The van der Waals surface area contributed by atoms with Crippen molar-refractivity contribution in [3.05, 3.63) is 35.9 Å². The Balaban J connectivity index is 1.55. The molecule has 3 fully saturated rings. The zero-order valence-corrected chi connectivity index (χ0v) is 10.7. The monoisotopic (exact) mass is 243 g/mol. The standard InChI is InChI=1S/C15H21N3/c1-2-4-11(5-3-1)10-18-12-6-7-15(18)13-9-16-17-14(13)8-12/h1-5,12-17H,6-10H2. The van der Waals surface area contributed by atoms with Crippen molar-refractivity contribution in [2.75, 3.05) is 6.54 Å². The normalized spacial score (nSPS) is 38.9. The number of piperidine rings is 1. The van der Waals surface area contributed by atoms with Crippen LogP contribution in [0, 0.1) is 5.92 Å². The van der Waals surface area contributed by atoms with Crippen LogP contribution < -0.4 is 10.9 Å². The smallest absolute Gasteiger partial charge is 0.0283 e. The zero-order valence-electron chi connectivity index (χ0n) is 10.7. The summed E-state index contributed by atoms with van der Waals surface area (Å²) in [7, 11) is 0. The highest BCUT2D eigenvalue weighted by atomic mass is 15.4. The fourth-order valence-electron chi connectivity index (χ4n) is 4.21. The lowest BCUT2D eigenvalue weighted by Crippen LogP contribution is -2.51. The molecule has 0 aliphatic carbocycles. The van der Waals surface area contributed by atoms with Crippen molar-refractivity contribution in [1.82, 2.24) is 15.8 Å². The first-order chi connectivity index (χ1) is 8.92. The van der Waals surface area contributed by atoms with Gasteiger partial charge in [0.25, 0.3) is 0 Å². The van der Waals surface area contributed by atoms with E-state index in [9.17, 15) is 0 Å². The molecule has 3 aliphatic heterocycles. The average Bonchev–Trinajstić information content (AvgIpc) is 2.97. The fourth-order valence-corrected chi connectivity index (χ4v) is 4.21. The molecule has 4 atom stereocenters. The summed E-state index contributed by atoms with van der Waals surface area (Å²) < 4.78 is 0. The third-order valence-corrected chi connectivity index (χ3v) is 5.06. The summed E-state index contributed by atoms with van der Waals surface area (Å²) in [4.78, 5) is 2.77. The van der Waals surface area contributed by atoms with Crippen LogP contribution >= 0.6 is 0 Å². The molecular formula is C15H21N3. The third kappa shape index (κ3) is 1.69. The minimum atomic E-state index is 0.717. The fraction of sp³-hybridized carbons (Fsp3) is 0.600. The van der Waals surface area contributed by atoms with Gasteiger partial charge >= 0.3 is 0 Å². The largest absolute Gasteiger partial charge is 0.293 e. The lowest BCUT2D eigenvalue weighted by molar-refractivity contribution is 0.0795. The Morgan fingerprint density at radius 2 is 2.06 bits per heavy atom. The van der Waals surface area contributed by atoms with Crippen LogP contribution in [0.2, 0.25) is 0 Å². The first-order valence-electron chi connectivity index (χ1n) is 7.20. The molecule has 3 nitrogen and oxygen atoms in total. The minimum absolute atomic E-state index is 0.717. The van der Waals surface area contributed by atoms with E-state index in [0.29, 0.717) is 0 Å². The second kappa shape index (κ2) is 4.34. The summed E-state index contributed by atoms with van der Waals surface area (Å²) in [5.41, 5.74) is 8.29. The maximum atomic E-state index is 3.47. The number of nitrogens with one attached hydrogen (secondary N) is 2. The summed E-state index contributed by atoms with van der Waals surface area (Å²) in [6, 6.07) is 13.2. The van der Waals surface area contributed by atoms with Gasteiger partial charge in [0.2, 0.25) is 0 Å². The molecular weight excluding hydrogens is 222 g/mol. The van der Waals surface area contributed by atoms with Crippen molar-refractivity contribution in [2.45, 2.75) is 43.9 Å². The van der Waals surface area contributed by atoms with Crippen LogP contribution in [0.5, 0.6) is 0 Å². The molecule has 0 aromatic heterocycles. The number of benzene rings is 1. The van der Waals surface area contributed by atoms with Crippen LogP contribution in [0.25, 0.3) is 0 Å². The SMILES string of the molecule is c1ccc(CN2C3CCC2C2CNNC2C3)cc1. The molecule has 3 heteroatoms. The van der Waals surface area contributed by atoms with Crippen LogP contribution in [0.4, 0.5) is 0 Å². The van der Waals surface area contributed by atoms with Crippen molar-refractivity contribution < 1.29 is 0 Å². The molecule has 3 heterocycles. The topological polar surface area (TPSA) is 27.3 Å². The van der Waals surface area contributed by atoms with Gasteiger partial charge in [-0.2, -0.15) is 0 Å². The number of rotatable bonds is 2. The number of hydrogen-bond donors (Lipinski definition) is 2. The number of fused-ring (bicyclic) bond motifs is 4. The van der Waals surface area contributed by atoms with Crippen LogP contribution in [-0.4, -0.2) is 29.6 Å². The number of nitrogens with zero attached hydrogens (tertiary/aromatic N) is 1. The summed E-state index contributed by atoms with van der Waals surface area (Å²) in [6.45, 7) is 2.28. The second-order valence-corrected chi connectivity index (χ2v) is 5.99. The molecule has 1 aromatic rings. The molecule has 18 heavy (non-hydrogen) atoms. The maximum Gasteiger partial charge on any atom is 0.0283 e. The summed E-state index contributed by atoms with van der Waals surface area (Å²) in [5, 5.41) is 0. The maximum absolute atomic E-state index is 3.47. The number of hydrogen-bond acceptors (Lipinski definition) is 3. The molecule has 4 rings (SSSR count). The Morgan fingerprint density at radius 3 is 2.94 bits per heavy atom. The molecule has 0 amide bonds. The van der Waals surface area contributed by atoms with E-state index in [1.54, 1.807) is 0 Å². The van der Waals surface area contributed by atoms with Gasteiger partial charge < -0.3 is 0 Å². The Bertz CT molecular complexity index is 419. The Hall–Kier alpha value is -0.900. The third-order valence-electron chi connectivity index (χ3n) is 5.06. The van der Waals surface area contributed by atoms with E-state index in [1.165, 1.54) is 24.8 Å². The molecule has 2 N–H and O–H groups in total. The minimum Gasteiger partial charge on any atom is -0.293 e. The second-order valence-electron chi connectivity index (χ2n) is 5.99. The predicted octanol–water partition coefficient (Wildman–Crippen LogP) is 1.52. The molecule has 1 aromatic carbocycles. The van der Waals surface area contributed by atoms with Gasteiger partial charge in [-0.1, -0.05) is 30.3 Å². The molecule has 0 saturated carbocycles. The van der Waals surface area contributed by atoms with E-state index in [2.05, 4.69) is 46.1 Å². The molecule has 0 radical (unpaired) electrons. The average molecular weight is 243 g/mol. The Kier molecular flexibility index (Phi) is 2.64. The lowest BCUT2D eigenvalue weighted by atomic mass is 9.87. The first kappa shape index (κ1) is 11.0. The van der Waals surface area contributed by atoms with Crippen LogP contribution in [-0.2, 0) is 6.54 Å². The Morgan fingerprint density at radius 1 is 1.17 bits per heavy atom. The highest BCUT2D eigenvalue weighted by Gasteiger charge is 2.48. The van der Waals surface area contributed by atoms with Gasteiger partial charge in [-0.25, -0.2) is 0 Å². The van der Waals surface area contributed by atoms with Crippen LogP contribution in [0.1, 0.15) is 24.8 Å². The van der Waals surface area contributed by atoms with Crippen molar-refractivity contribution in [2.24, 2.45) is 5.92 Å². The van der Waals surface area contributed by atoms with Crippen LogP contribution in [0.3, 0.4) is 0 Å². The van der Waals surface area contributed by atoms with Crippen LogP contribution in [0.15, 0.2) is 30.3 Å². The quantitative estimate of drug-likeness (QED) is 0.824. The van der Waals surface area contributed by atoms with Gasteiger partial charge in [0.15, 0.2) is 0 Å². The van der Waals surface area contributed by atoms with E-state index >= 15 is 0 Å². The molecule has 96 valence electrons. The summed E-state index contributed by atoms with van der Waals surface area (Å²) in [6.07, 6.45) is 4.11. The van der Waals surface area contributed by atoms with Gasteiger partial charge in [0.1, 0.15) is 0 Å². The van der Waals surface area contributed by atoms with Gasteiger partial charge in [0.05, 0.1) is 0 Å². The van der Waals surface area contributed by atoms with Crippen molar-refractivity contribution >= 4 is 0 Å². The van der Waals surface area contributed by atoms with E-state index in [0.717, 1.165) is 37.1 Å². The van der Waals surface area contributed by atoms with E-state index in [1.807, 2.05) is 0 Å². The lowest BCUT2D eigenvalue weighted by Gasteiger charge is -2.41. The zero-order chi connectivity index (χ0) is 11.9.